The summed E-state index contributed by atoms with van der Waals surface area (Å²) in [5.74, 6) is 0.713. The number of hydrogen-bond donors (Lipinski definition) is 2. The van der Waals surface area contributed by atoms with Crippen LogP contribution in [0.5, 0.6) is 0 Å². The van der Waals surface area contributed by atoms with Gasteiger partial charge in [-0.2, -0.15) is 0 Å². The lowest BCUT2D eigenvalue weighted by atomic mass is 10.2. The monoisotopic (exact) mass is 332 g/mol. The van der Waals surface area contributed by atoms with E-state index >= 15 is 0 Å². The predicted molar refractivity (Wildman–Crippen MR) is 91.8 cm³/mol. The van der Waals surface area contributed by atoms with Crippen LogP contribution >= 0.6 is 0 Å². The highest BCUT2D eigenvalue weighted by Crippen LogP contribution is 2.18. The molecule has 0 saturated heterocycles. The number of rotatable bonds is 6. The molecule has 6 heteroatoms. The van der Waals surface area contributed by atoms with Gasteiger partial charge in [0.15, 0.2) is 0 Å². The molecule has 2 N–H and O–H groups in total. The molecule has 0 aliphatic rings. The molecule has 1 aromatic heterocycles. The van der Waals surface area contributed by atoms with Gasteiger partial charge in [-0.25, -0.2) is 4.79 Å². The molecule has 1 aromatic carbocycles. The van der Waals surface area contributed by atoms with Crippen molar-refractivity contribution in [2.75, 3.05) is 13.1 Å². The number of furan rings is 1. The van der Waals surface area contributed by atoms with Crippen LogP contribution in [-0.4, -0.2) is 30.7 Å². The highest BCUT2D eigenvalue weighted by Gasteiger charge is 2.15. The van der Waals surface area contributed by atoms with Crippen LogP contribution in [0.1, 0.15) is 33.0 Å². The minimum atomic E-state index is -0.543. The van der Waals surface area contributed by atoms with Crippen LogP contribution in [0.15, 0.2) is 34.7 Å². The van der Waals surface area contributed by atoms with Gasteiger partial charge in [-0.05, 0) is 32.9 Å². The fourth-order valence-electron chi connectivity index (χ4n) is 2.17. The number of benzene rings is 1. The second-order valence-corrected chi connectivity index (χ2v) is 6.53. The molecule has 0 fully saturated rings. The quantitative estimate of drug-likeness (QED) is 0.852. The van der Waals surface area contributed by atoms with E-state index in [1.165, 1.54) is 0 Å². The van der Waals surface area contributed by atoms with E-state index in [2.05, 4.69) is 10.6 Å². The first kappa shape index (κ1) is 17.8. The molecule has 6 nitrogen and oxygen atoms in total. The van der Waals surface area contributed by atoms with Crippen molar-refractivity contribution in [3.63, 3.8) is 0 Å². The lowest BCUT2D eigenvalue weighted by molar-refractivity contribution is -0.120. The van der Waals surface area contributed by atoms with Crippen molar-refractivity contribution in [2.24, 2.45) is 0 Å². The summed E-state index contributed by atoms with van der Waals surface area (Å²) in [6, 6.07) is 9.77. The Hall–Kier alpha value is -2.50. The number of fused-ring (bicyclic) bond motifs is 1. The van der Waals surface area contributed by atoms with Crippen molar-refractivity contribution in [3.8, 4) is 0 Å². The summed E-state index contributed by atoms with van der Waals surface area (Å²) in [4.78, 5) is 23.2. The number of carbonyl (C=O) groups excluding carboxylic acids is 2. The van der Waals surface area contributed by atoms with E-state index in [1.54, 1.807) is 20.8 Å². The molecule has 0 unspecified atom stereocenters. The Kier molecular flexibility index (Phi) is 5.84. The zero-order chi connectivity index (χ0) is 17.6. The third-order valence-electron chi connectivity index (χ3n) is 3.19. The van der Waals surface area contributed by atoms with Crippen LogP contribution < -0.4 is 10.6 Å². The Labute approximate surface area is 141 Å². The van der Waals surface area contributed by atoms with Gasteiger partial charge in [-0.3, -0.25) is 4.79 Å². The van der Waals surface area contributed by atoms with E-state index in [4.69, 9.17) is 9.15 Å². The standard InChI is InChI=1S/C18H24N2O4/c1-18(2,3)24-17(22)20-11-9-16(21)19-10-8-14-12-13-6-4-5-7-15(13)23-14/h4-7,12H,8-11H2,1-3H3,(H,19,21)(H,20,22). The minimum absolute atomic E-state index is 0.123. The number of carbonyl (C=O) groups is 2. The van der Waals surface area contributed by atoms with E-state index in [9.17, 15) is 9.59 Å². The lowest BCUT2D eigenvalue weighted by Crippen LogP contribution is -2.35. The maximum Gasteiger partial charge on any atom is 0.407 e. The van der Waals surface area contributed by atoms with Crippen LogP contribution in [0.2, 0.25) is 0 Å². The number of amides is 2. The molecule has 0 aliphatic heterocycles. The molecule has 2 aromatic rings. The van der Waals surface area contributed by atoms with Crippen molar-refractivity contribution in [1.29, 1.82) is 0 Å². The van der Waals surface area contributed by atoms with Crippen LogP contribution in [0.4, 0.5) is 4.79 Å². The summed E-state index contributed by atoms with van der Waals surface area (Å²) in [5.41, 5.74) is 0.305. The number of nitrogens with one attached hydrogen (secondary N) is 2. The molecular weight excluding hydrogens is 308 g/mol. The molecule has 2 amide bonds. The van der Waals surface area contributed by atoms with Gasteiger partial charge in [0.2, 0.25) is 5.91 Å². The van der Waals surface area contributed by atoms with Crippen LogP contribution in [-0.2, 0) is 16.0 Å². The highest BCUT2D eigenvalue weighted by atomic mass is 16.6. The summed E-state index contributed by atoms with van der Waals surface area (Å²) in [6.07, 6.45) is 0.316. The maximum absolute atomic E-state index is 11.7. The van der Waals surface area contributed by atoms with E-state index in [0.717, 1.165) is 16.7 Å². The molecule has 24 heavy (non-hydrogen) atoms. The Morgan fingerprint density at radius 1 is 1.12 bits per heavy atom. The second kappa shape index (κ2) is 7.86. The van der Waals surface area contributed by atoms with Crippen molar-refractivity contribution < 1.29 is 18.7 Å². The fourth-order valence-corrected chi connectivity index (χ4v) is 2.17. The first-order chi connectivity index (χ1) is 11.3. The second-order valence-electron chi connectivity index (χ2n) is 6.53. The summed E-state index contributed by atoms with van der Waals surface area (Å²) >= 11 is 0. The third-order valence-corrected chi connectivity index (χ3v) is 3.19. The van der Waals surface area contributed by atoms with Gasteiger partial charge < -0.3 is 19.8 Å². The molecule has 1 heterocycles. The molecule has 0 atom stereocenters. The Balaban J connectivity index is 1.64. The Morgan fingerprint density at radius 3 is 2.58 bits per heavy atom. The normalized spacial score (nSPS) is 11.3. The van der Waals surface area contributed by atoms with Crippen LogP contribution in [0.3, 0.4) is 0 Å². The lowest BCUT2D eigenvalue weighted by Gasteiger charge is -2.19. The molecule has 130 valence electrons. The molecule has 0 bridgehead atoms. The smallest absolute Gasteiger partial charge is 0.407 e. The van der Waals surface area contributed by atoms with E-state index < -0.39 is 11.7 Å². The molecular formula is C18H24N2O4. The SMILES string of the molecule is CC(C)(C)OC(=O)NCCC(=O)NCCc1cc2ccccc2o1. The van der Waals surface area contributed by atoms with Gasteiger partial charge in [0.25, 0.3) is 0 Å². The first-order valence-electron chi connectivity index (χ1n) is 8.04. The van der Waals surface area contributed by atoms with E-state index in [-0.39, 0.29) is 18.9 Å². The number of para-hydroxylation sites is 1. The number of alkyl carbamates (subject to hydrolysis) is 1. The predicted octanol–water partition coefficient (Wildman–Crippen LogP) is 3.01. The van der Waals surface area contributed by atoms with Gasteiger partial charge in [0, 0.05) is 31.3 Å². The Morgan fingerprint density at radius 2 is 1.88 bits per heavy atom. The number of ether oxygens (including phenoxy) is 1. The van der Waals surface area contributed by atoms with Crippen molar-refractivity contribution in [3.05, 3.63) is 36.1 Å². The van der Waals surface area contributed by atoms with E-state index in [1.807, 2.05) is 30.3 Å². The molecule has 2 rings (SSSR count). The van der Waals surface area contributed by atoms with Crippen LogP contribution in [0.25, 0.3) is 11.0 Å². The summed E-state index contributed by atoms with van der Waals surface area (Å²) in [6.45, 7) is 6.10. The minimum Gasteiger partial charge on any atom is -0.461 e. The van der Waals surface area contributed by atoms with Gasteiger partial charge in [0.1, 0.15) is 16.9 Å². The zero-order valence-corrected chi connectivity index (χ0v) is 14.3. The third kappa shape index (κ3) is 5.95. The molecule has 0 aliphatic carbocycles. The molecule has 0 radical (unpaired) electrons. The fraction of sp³-hybridized carbons (Fsp3) is 0.444. The largest absolute Gasteiger partial charge is 0.461 e. The maximum atomic E-state index is 11.7. The van der Waals surface area contributed by atoms with E-state index in [0.29, 0.717) is 13.0 Å². The van der Waals surface area contributed by atoms with Gasteiger partial charge in [-0.1, -0.05) is 18.2 Å². The molecule has 0 spiro atoms. The average molecular weight is 332 g/mol. The number of hydrogen-bond acceptors (Lipinski definition) is 4. The van der Waals surface area contributed by atoms with Crippen molar-refractivity contribution >= 4 is 23.0 Å². The zero-order valence-electron chi connectivity index (χ0n) is 14.3. The van der Waals surface area contributed by atoms with Crippen molar-refractivity contribution in [2.45, 2.75) is 39.2 Å². The van der Waals surface area contributed by atoms with Crippen LogP contribution in [0, 0.1) is 0 Å². The topological polar surface area (TPSA) is 80.6 Å². The van der Waals surface area contributed by atoms with Gasteiger partial charge >= 0.3 is 6.09 Å². The first-order valence-corrected chi connectivity index (χ1v) is 8.04. The average Bonchev–Trinajstić information content (AvgIpc) is 2.88. The Bertz CT molecular complexity index is 667. The summed E-state index contributed by atoms with van der Waals surface area (Å²) < 4.78 is 10.8. The van der Waals surface area contributed by atoms with Crippen molar-refractivity contribution in [1.82, 2.24) is 10.6 Å². The summed E-state index contributed by atoms with van der Waals surface area (Å²) in [7, 11) is 0. The van der Waals surface area contributed by atoms with Gasteiger partial charge in [-0.15, -0.1) is 0 Å². The van der Waals surface area contributed by atoms with Gasteiger partial charge in [0.05, 0.1) is 0 Å². The molecule has 0 saturated carbocycles. The highest BCUT2D eigenvalue weighted by molar-refractivity contribution is 5.78. The summed E-state index contributed by atoms with van der Waals surface area (Å²) in [5, 5.41) is 6.42.